The third kappa shape index (κ3) is 5.18. The summed E-state index contributed by atoms with van der Waals surface area (Å²) in [6.45, 7) is 3.65. The largest absolute Gasteiger partial charge is 0.353 e. The zero-order valence-electron chi connectivity index (χ0n) is 15.8. The maximum atomic E-state index is 6.25. The van der Waals surface area contributed by atoms with Gasteiger partial charge in [0.1, 0.15) is 5.82 Å². The van der Waals surface area contributed by atoms with E-state index in [1.54, 1.807) is 0 Å². The van der Waals surface area contributed by atoms with Gasteiger partial charge in [-0.05, 0) is 38.7 Å². The lowest BCUT2D eigenvalue weighted by molar-refractivity contribution is 0.425. The molecule has 0 atom stereocenters. The first kappa shape index (κ1) is 19.1. The second-order valence-corrected chi connectivity index (χ2v) is 7.00. The minimum Gasteiger partial charge on any atom is -0.353 e. The van der Waals surface area contributed by atoms with Crippen molar-refractivity contribution in [2.75, 3.05) is 37.8 Å². The first-order valence-electron chi connectivity index (χ1n) is 8.88. The number of anilines is 3. The number of nitrogens with one attached hydrogen (secondary N) is 2. The van der Waals surface area contributed by atoms with Crippen LogP contribution >= 0.6 is 11.6 Å². The molecule has 2 aromatic carbocycles. The van der Waals surface area contributed by atoms with Crippen LogP contribution in [0.5, 0.6) is 0 Å². The number of aromatic nitrogens is 2. The summed E-state index contributed by atoms with van der Waals surface area (Å²) in [5.41, 5.74) is 3.82. The average Bonchev–Trinajstić information content (AvgIpc) is 2.66. The van der Waals surface area contributed by atoms with Gasteiger partial charge in [-0.25, -0.2) is 4.98 Å². The first-order valence-corrected chi connectivity index (χ1v) is 9.26. The Bertz CT molecular complexity index is 896. The van der Waals surface area contributed by atoms with Gasteiger partial charge in [0.05, 0.1) is 5.69 Å². The monoisotopic (exact) mass is 381 g/mol. The topological polar surface area (TPSA) is 53.1 Å². The Morgan fingerprint density at radius 2 is 1.78 bits per heavy atom. The molecule has 0 bridgehead atoms. The standard InChI is InChI=1S/C21H24ClN5/c1-15-17(22)10-7-11-18(15)24-20-14-19(16-8-5-4-6-9-16)25-21(26-20)23-12-13-27(2)3/h4-11,14H,12-13H2,1-3H3,(H2,23,24,25,26). The van der Waals surface area contributed by atoms with Gasteiger partial charge in [-0.1, -0.05) is 48.0 Å². The normalized spacial score (nSPS) is 10.9. The van der Waals surface area contributed by atoms with E-state index in [4.69, 9.17) is 11.6 Å². The number of hydrogen-bond donors (Lipinski definition) is 2. The number of hydrogen-bond acceptors (Lipinski definition) is 5. The number of likely N-dealkylation sites (N-methyl/N-ethyl adjacent to an activating group) is 1. The third-order valence-electron chi connectivity index (χ3n) is 4.17. The zero-order chi connectivity index (χ0) is 19.2. The van der Waals surface area contributed by atoms with Crippen molar-refractivity contribution in [3.8, 4) is 11.3 Å². The molecule has 0 saturated carbocycles. The van der Waals surface area contributed by atoms with E-state index in [0.717, 1.165) is 46.4 Å². The van der Waals surface area contributed by atoms with Gasteiger partial charge in [-0.2, -0.15) is 4.98 Å². The SMILES string of the molecule is Cc1c(Cl)cccc1Nc1cc(-c2ccccc2)nc(NCCN(C)C)n1. The molecule has 0 saturated heterocycles. The van der Waals surface area contributed by atoms with Gasteiger partial charge in [0, 0.05) is 35.4 Å². The molecule has 27 heavy (non-hydrogen) atoms. The summed E-state index contributed by atoms with van der Waals surface area (Å²) >= 11 is 6.25. The summed E-state index contributed by atoms with van der Waals surface area (Å²) in [5.74, 6) is 1.32. The Labute approximate surface area is 165 Å². The fourth-order valence-corrected chi connectivity index (χ4v) is 2.79. The van der Waals surface area contributed by atoms with Gasteiger partial charge in [0.25, 0.3) is 0 Å². The summed E-state index contributed by atoms with van der Waals surface area (Å²) < 4.78 is 0. The summed E-state index contributed by atoms with van der Waals surface area (Å²) in [5, 5.41) is 7.41. The molecule has 3 rings (SSSR count). The number of halogens is 1. The van der Waals surface area contributed by atoms with Crippen LogP contribution in [0.4, 0.5) is 17.5 Å². The van der Waals surface area contributed by atoms with Crippen molar-refractivity contribution in [1.29, 1.82) is 0 Å². The van der Waals surface area contributed by atoms with Crippen molar-refractivity contribution in [1.82, 2.24) is 14.9 Å². The van der Waals surface area contributed by atoms with Crippen LogP contribution in [-0.4, -0.2) is 42.1 Å². The highest BCUT2D eigenvalue weighted by Crippen LogP contribution is 2.28. The van der Waals surface area contributed by atoms with E-state index >= 15 is 0 Å². The van der Waals surface area contributed by atoms with E-state index in [9.17, 15) is 0 Å². The molecule has 0 amide bonds. The van der Waals surface area contributed by atoms with Gasteiger partial charge in [-0.15, -0.1) is 0 Å². The van der Waals surface area contributed by atoms with Crippen molar-refractivity contribution >= 4 is 29.1 Å². The van der Waals surface area contributed by atoms with E-state index in [1.165, 1.54) is 0 Å². The Morgan fingerprint density at radius 3 is 2.52 bits per heavy atom. The number of benzene rings is 2. The Morgan fingerprint density at radius 1 is 1.00 bits per heavy atom. The molecule has 140 valence electrons. The van der Waals surface area contributed by atoms with Gasteiger partial charge < -0.3 is 15.5 Å². The van der Waals surface area contributed by atoms with Crippen molar-refractivity contribution in [3.63, 3.8) is 0 Å². The summed E-state index contributed by atoms with van der Waals surface area (Å²) in [7, 11) is 4.08. The smallest absolute Gasteiger partial charge is 0.225 e. The van der Waals surface area contributed by atoms with Crippen LogP contribution in [-0.2, 0) is 0 Å². The molecule has 0 spiro atoms. The van der Waals surface area contributed by atoms with E-state index in [0.29, 0.717) is 5.95 Å². The fraction of sp³-hybridized carbons (Fsp3) is 0.238. The van der Waals surface area contributed by atoms with Gasteiger partial charge in [0.2, 0.25) is 5.95 Å². The molecule has 0 aliphatic heterocycles. The molecular formula is C21H24ClN5. The highest BCUT2D eigenvalue weighted by atomic mass is 35.5. The average molecular weight is 382 g/mol. The quantitative estimate of drug-likeness (QED) is 0.614. The van der Waals surface area contributed by atoms with Crippen LogP contribution in [0, 0.1) is 6.92 Å². The molecule has 3 aromatic rings. The maximum absolute atomic E-state index is 6.25. The van der Waals surface area contributed by atoms with Crippen molar-refractivity contribution in [2.24, 2.45) is 0 Å². The van der Waals surface area contributed by atoms with Crippen molar-refractivity contribution in [3.05, 3.63) is 65.2 Å². The van der Waals surface area contributed by atoms with Crippen LogP contribution in [0.15, 0.2) is 54.6 Å². The van der Waals surface area contributed by atoms with Crippen LogP contribution in [0.1, 0.15) is 5.56 Å². The molecule has 0 radical (unpaired) electrons. The molecule has 2 N–H and O–H groups in total. The Hall–Kier alpha value is -2.63. The third-order valence-corrected chi connectivity index (χ3v) is 4.58. The van der Waals surface area contributed by atoms with Crippen LogP contribution in [0.3, 0.4) is 0 Å². The zero-order valence-corrected chi connectivity index (χ0v) is 16.6. The fourth-order valence-electron chi connectivity index (χ4n) is 2.62. The predicted octanol–water partition coefficient (Wildman–Crippen LogP) is 4.82. The van der Waals surface area contributed by atoms with E-state index in [1.807, 2.05) is 75.6 Å². The molecule has 1 aromatic heterocycles. The molecule has 6 heteroatoms. The van der Waals surface area contributed by atoms with Crippen molar-refractivity contribution in [2.45, 2.75) is 6.92 Å². The van der Waals surface area contributed by atoms with E-state index in [2.05, 4.69) is 25.5 Å². The van der Waals surface area contributed by atoms with Crippen LogP contribution < -0.4 is 10.6 Å². The van der Waals surface area contributed by atoms with Crippen LogP contribution in [0.25, 0.3) is 11.3 Å². The molecular weight excluding hydrogens is 358 g/mol. The number of nitrogens with zero attached hydrogens (tertiary/aromatic N) is 3. The Kier molecular flexibility index (Phi) is 6.27. The molecule has 0 fully saturated rings. The van der Waals surface area contributed by atoms with Crippen molar-refractivity contribution < 1.29 is 0 Å². The lowest BCUT2D eigenvalue weighted by Gasteiger charge is -2.14. The predicted molar refractivity (Wildman–Crippen MR) is 114 cm³/mol. The molecule has 5 nitrogen and oxygen atoms in total. The lowest BCUT2D eigenvalue weighted by atomic mass is 10.1. The highest BCUT2D eigenvalue weighted by Gasteiger charge is 2.09. The van der Waals surface area contributed by atoms with E-state index in [-0.39, 0.29) is 0 Å². The summed E-state index contributed by atoms with van der Waals surface area (Å²) in [6, 6.07) is 17.8. The summed E-state index contributed by atoms with van der Waals surface area (Å²) in [4.78, 5) is 11.4. The van der Waals surface area contributed by atoms with E-state index < -0.39 is 0 Å². The number of rotatable bonds is 7. The van der Waals surface area contributed by atoms with Gasteiger partial charge in [0.15, 0.2) is 0 Å². The molecule has 0 unspecified atom stereocenters. The molecule has 1 heterocycles. The second kappa shape index (κ2) is 8.84. The maximum Gasteiger partial charge on any atom is 0.225 e. The molecule has 0 aliphatic rings. The highest BCUT2D eigenvalue weighted by molar-refractivity contribution is 6.31. The Balaban J connectivity index is 1.92. The lowest BCUT2D eigenvalue weighted by Crippen LogP contribution is -2.21. The minimum absolute atomic E-state index is 0.598. The first-order chi connectivity index (χ1) is 13.0. The van der Waals surface area contributed by atoms with Gasteiger partial charge >= 0.3 is 0 Å². The van der Waals surface area contributed by atoms with Crippen LogP contribution in [0.2, 0.25) is 5.02 Å². The second-order valence-electron chi connectivity index (χ2n) is 6.60. The van der Waals surface area contributed by atoms with Gasteiger partial charge in [-0.3, -0.25) is 0 Å². The minimum atomic E-state index is 0.598. The molecule has 0 aliphatic carbocycles. The summed E-state index contributed by atoms with van der Waals surface area (Å²) in [6.07, 6.45) is 0.